The van der Waals surface area contributed by atoms with Gasteiger partial charge in [-0.1, -0.05) is 55.7 Å². The largest absolute Gasteiger partial charge is 0.495 e. The highest BCUT2D eigenvalue weighted by atomic mass is 19.1. The summed E-state index contributed by atoms with van der Waals surface area (Å²) < 4.78 is 24.8. The number of benzene rings is 3. The van der Waals surface area contributed by atoms with Crippen molar-refractivity contribution in [1.29, 1.82) is 0 Å². The molecule has 2 saturated heterocycles. The van der Waals surface area contributed by atoms with Gasteiger partial charge in [-0.3, -0.25) is 29.2 Å². The molecule has 0 atom stereocenters. The van der Waals surface area contributed by atoms with Gasteiger partial charge in [0.05, 0.1) is 25.6 Å². The maximum atomic E-state index is 13.7. The standard InChI is InChI=1S/C26H29FN4O2.C25H34N4O2/c1-20-19-21(10-11-22(20)27)26(32)31(25-9-5-6-12-28-25)18-15-29-13-16-30(17-14-29)23-7-3-4-8-24(23)33-2;1-31-23-12-6-5-11-22(23)28-18-15-27(16-19-28)17-20-29(24-13-7-8-14-26-24)25(30)21-9-3-2-4-10-21/h3-12,19H,13-18H2,1-2H3;5-8,11-14,21H,2-4,9-10,15-20H2,1H3. The van der Waals surface area contributed by atoms with Gasteiger partial charge in [0.15, 0.2) is 0 Å². The molecule has 2 aromatic heterocycles. The number of carbonyl (C=O) groups excluding carboxylic acids is 2. The lowest BCUT2D eigenvalue weighted by molar-refractivity contribution is -0.123. The normalized spacial score (nSPS) is 16.1. The molecule has 3 fully saturated rings. The Balaban J connectivity index is 0.000000192. The summed E-state index contributed by atoms with van der Waals surface area (Å²) >= 11 is 0. The van der Waals surface area contributed by atoms with Gasteiger partial charge in [0.25, 0.3) is 5.91 Å². The van der Waals surface area contributed by atoms with Gasteiger partial charge in [0.2, 0.25) is 5.91 Å². The van der Waals surface area contributed by atoms with E-state index in [0.29, 0.717) is 30.0 Å². The van der Waals surface area contributed by atoms with Gasteiger partial charge in [0, 0.05) is 102 Å². The van der Waals surface area contributed by atoms with Gasteiger partial charge in [-0.2, -0.15) is 0 Å². The summed E-state index contributed by atoms with van der Waals surface area (Å²) in [6.45, 7) is 11.9. The zero-order valence-corrected chi connectivity index (χ0v) is 37.7. The van der Waals surface area contributed by atoms with Gasteiger partial charge in [-0.25, -0.2) is 14.4 Å². The van der Waals surface area contributed by atoms with Crippen molar-refractivity contribution in [2.24, 2.45) is 5.92 Å². The number of methoxy groups -OCH3 is 2. The molecular weight excluding hydrogens is 808 g/mol. The second-order valence-corrected chi connectivity index (χ2v) is 16.6. The van der Waals surface area contributed by atoms with Gasteiger partial charge in [-0.15, -0.1) is 0 Å². The van der Waals surface area contributed by atoms with Crippen LogP contribution < -0.4 is 29.1 Å². The summed E-state index contributed by atoms with van der Waals surface area (Å²) in [5.74, 6) is 3.10. The van der Waals surface area contributed by atoms with E-state index in [1.807, 2.05) is 71.6 Å². The predicted octanol–water partition coefficient (Wildman–Crippen LogP) is 7.83. The highest BCUT2D eigenvalue weighted by Crippen LogP contribution is 2.31. The third-order valence-electron chi connectivity index (χ3n) is 12.6. The van der Waals surface area contributed by atoms with E-state index in [2.05, 4.69) is 47.8 Å². The molecule has 3 aliphatic rings. The van der Waals surface area contributed by atoms with E-state index < -0.39 is 0 Å². The van der Waals surface area contributed by atoms with Gasteiger partial charge >= 0.3 is 0 Å². The summed E-state index contributed by atoms with van der Waals surface area (Å²) in [5, 5.41) is 0. The number of hydrogen-bond donors (Lipinski definition) is 0. The molecule has 1 aliphatic carbocycles. The van der Waals surface area contributed by atoms with Crippen LogP contribution in [0.25, 0.3) is 0 Å². The zero-order valence-electron chi connectivity index (χ0n) is 37.7. The van der Waals surface area contributed by atoms with E-state index >= 15 is 0 Å². The second-order valence-electron chi connectivity index (χ2n) is 16.6. The zero-order chi connectivity index (χ0) is 44.7. The number of piperazine rings is 2. The van der Waals surface area contributed by atoms with Crippen molar-refractivity contribution in [2.45, 2.75) is 39.0 Å². The topological polar surface area (TPSA) is 97.8 Å². The van der Waals surface area contributed by atoms with Crippen molar-refractivity contribution >= 4 is 34.8 Å². The Morgan fingerprint density at radius 3 is 1.59 bits per heavy atom. The Morgan fingerprint density at radius 2 is 1.11 bits per heavy atom. The lowest BCUT2D eigenvalue weighted by atomic mass is 9.88. The Labute approximate surface area is 378 Å². The van der Waals surface area contributed by atoms with Crippen LogP contribution in [0.15, 0.2) is 116 Å². The molecule has 0 bridgehead atoms. The minimum atomic E-state index is -0.316. The number of ether oxygens (including phenoxy) is 2. The molecule has 13 heteroatoms. The quantitative estimate of drug-likeness (QED) is 0.110. The van der Waals surface area contributed by atoms with Gasteiger partial charge < -0.3 is 19.3 Å². The molecule has 2 amide bonds. The number of amides is 2. The first-order valence-corrected chi connectivity index (χ1v) is 22.7. The summed E-state index contributed by atoms with van der Waals surface area (Å²) in [6, 6.07) is 32.1. The van der Waals surface area contributed by atoms with Gasteiger partial charge in [0.1, 0.15) is 29.0 Å². The number of rotatable bonds is 14. The SMILES string of the molecule is COc1ccccc1N1CCN(CCN(C(=O)C2CCCCC2)c2ccccn2)CC1.COc1ccccc1N1CCN(CCN(C(=O)c2ccc(F)c(C)c2)c2ccccn2)CC1. The van der Waals surface area contributed by atoms with Crippen molar-refractivity contribution in [2.75, 3.05) is 112 Å². The van der Waals surface area contributed by atoms with Crippen LogP contribution in [-0.4, -0.2) is 124 Å². The van der Waals surface area contributed by atoms with Crippen LogP contribution in [0.1, 0.15) is 48.0 Å². The number of hydrogen-bond acceptors (Lipinski definition) is 10. The smallest absolute Gasteiger partial charge is 0.259 e. The number of pyridine rings is 2. The van der Waals surface area contributed by atoms with Crippen molar-refractivity contribution in [3.8, 4) is 11.5 Å². The molecule has 12 nitrogen and oxygen atoms in total. The fraction of sp³-hybridized carbons (Fsp3) is 0.412. The number of anilines is 4. The molecular formula is C51H63FN8O4. The van der Waals surface area contributed by atoms with E-state index in [1.165, 1.54) is 18.6 Å². The van der Waals surface area contributed by atoms with Crippen molar-refractivity contribution in [1.82, 2.24) is 19.8 Å². The van der Waals surface area contributed by atoms with Crippen LogP contribution in [-0.2, 0) is 4.79 Å². The van der Waals surface area contributed by atoms with Crippen molar-refractivity contribution in [3.63, 3.8) is 0 Å². The predicted molar refractivity (Wildman–Crippen MR) is 254 cm³/mol. The maximum absolute atomic E-state index is 13.7. The average molecular weight is 871 g/mol. The molecule has 1 saturated carbocycles. The molecule has 0 spiro atoms. The van der Waals surface area contributed by atoms with Crippen LogP contribution in [0.3, 0.4) is 0 Å². The third kappa shape index (κ3) is 11.9. The van der Waals surface area contributed by atoms with E-state index in [4.69, 9.17) is 9.47 Å². The average Bonchev–Trinajstić information content (AvgIpc) is 3.36. The first kappa shape index (κ1) is 46.0. The summed E-state index contributed by atoms with van der Waals surface area (Å²) in [7, 11) is 3.42. The van der Waals surface area contributed by atoms with E-state index in [1.54, 1.807) is 44.5 Å². The summed E-state index contributed by atoms with van der Waals surface area (Å²) in [4.78, 5) is 48.7. The molecule has 3 aromatic carbocycles. The lowest BCUT2D eigenvalue weighted by Crippen LogP contribution is -2.50. The van der Waals surface area contributed by atoms with Crippen molar-refractivity contribution in [3.05, 3.63) is 132 Å². The summed E-state index contributed by atoms with van der Waals surface area (Å²) in [6.07, 6.45) is 9.07. The molecule has 5 aromatic rings. The van der Waals surface area contributed by atoms with Crippen LogP contribution in [0.2, 0.25) is 0 Å². The number of aryl methyl sites for hydroxylation is 1. The van der Waals surface area contributed by atoms with Crippen LogP contribution in [0.4, 0.5) is 27.4 Å². The second kappa shape index (κ2) is 23.0. The molecule has 0 N–H and O–H groups in total. The fourth-order valence-electron chi connectivity index (χ4n) is 8.88. The number of carbonyl (C=O) groups is 2. The van der Waals surface area contributed by atoms with E-state index in [9.17, 15) is 14.0 Å². The monoisotopic (exact) mass is 870 g/mol. The Morgan fingerprint density at radius 1 is 0.625 bits per heavy atom. The Kier molecular flexibility index (Phi) is 16.6. The highest BCUT2D eigenvalue weighted by molar-refractivity contribution is 6.05. The minimum absolute atomic E-state index is 0.151. The first-order valence-electron chi connectivity index (χ1n) is 22.7. The number of aromatic nitrogens is 2. The first-order chi connectivity index (χ1) is 31.3. The van der Waals surface area contributed by atoms with Crippen LogP contribution in [0.5, 0.6) is 11.5 Å². The van der Waals surface area contributed by atoms with Crippen molar-refractivity contribution < 1.29 is 23.5 Å². The Bertz CT molecular complexity index is 2230. The molecule has 0 unspecified atom stereocenters. The molecule has 2 aliphatic heterocycles. The van der Waals surface area contributed by atoms with Crippen LogP contribution >= 0.6 is 0 Å². The number of para-hydroxylation sites is 4. The highest BCUT2D eigenvalue weighted by Gasteiger charge is 2.29. The van der Waals surface area contributed by atoms with E-state index in [0.717, 1.165) is 120 Å². The van der Waals surface area contributed by atoms with E-state index in [-0.39, 0.29) is 23.5 Å². The Hall–Kier alpha value is -6.05. The molecule has 8 rings (SSSR count). The molecule has 64 heavy (non-hydrogen) atoms. The molecule has 0 radical (unpaired) electrons. The lowest BCUT2D eigenvalue weighted by Gasteiger charge is -2.37. The molecule has 338 valence electrons. The number of nitrogens with zero attached hydrogens (tertiary/aromatic N) is 8. The summed E-state index contributed by atoms with van der Waals surface area (Å²) in [5.41, 5.74) is 3.18. The molecule has 4 heterocycles. The van der Waals surface area contributed by atoms with Gasteiger partial charge in [-0.05, 0) is 92.1 Å². The minimum Gasteiger partial charge on any atom is -0.495 e. The third-order valence-corrected chi connectivity index (χ3v) is 12.6. The number of halogens is 1. The van der Waals surface area contributed by atoms with Crippen LogP contribution in [0, 0.1) is 18.7 Å². The fourth-order valence-corrected chi connectivity index (χ4v) is 8.88. The maximum Gasteiger partial charge on any atom is 0.259 e.